The number of carbonyl (C=O) groups excluding carboxylic acids is 1. The molecule has 0 saturated heterocycles. The second-order valence-corrected chi connectivity index (χ2v) is 5.86. The summed E-state index contributed by atoms with van der Waals surface area (Å²) >= 11 is 6.14. The van der Waals surface area contributed by atoms with Crippen molar-refractivity contribution < 1.29 is 4.79 Å². The van der Waals surface area contributed by atoms with Gasteiger partial charge in [-0.15, -0.1) is 12.4 Å². The smallest absolute Gasteiger partial charge is 0.321 e. The number of urea groups is 1. The Bertz CT molecular complexity index is 444. The molecule has 1 rings (SSSR count). The van der Waals surface area contributed by atoms with E-state index in [9.17, 15) is 4.79 Å². The van der Waals surface area contributed by atoms with Gasteiger partial charge in [-0.25, -0.2) is 4.79 Å². The highest BCUT2D eigenvalue weighted by Gasteiger charge is 2.18. The molecule has 0 heterocycles. The van der Waals surface area contributed by atoms with Crippen LogP contribution in [0.4, 0.5) is 10.5 Å². The van der Waals surface area contributed by atoms with Crippen LogP contribution in [0.5, 0.6) is 0 Å². The first-order valence-corrected chi connectivity index (χ1v) is 7.18. The maximum absolute atomic E-state index is 12.4. The molecule has 0 aliphatic heterocycles. The Morgan fingerprint density at radius 2 is 1.90 bits per heavy atom. The predicted molar refractivity (Wildman–Crippen MR) is 92.9 cm³/mol. The minimum absolute atomic E-state index is 0. The van der Waals surface area contributed by atoms with E-state index >= 15 is 0 Å². The van der Waals surface area contributed by atoms with Crippen molar-refractivity contribution >= 4 is 35.7 Å². The molecule has 1 aromatic rings. The minimum Gasteiger partial charge on any atom is -0.321 e. The first-order valence-electron chi connectivity index (χ1n) is 6.80. The van der Waals surface area contributed by atoms with E-state index in [1.165, 1.54) is 0 Å². The topological polar surface area (TPSA) is 35.6 Å². The molecule has 0 radical (unpaired) electrons. The van der Waals surface area contributed by atoms with Gasteiger partial charge in [-0.3, -0.25) is 0 Å². The molecule has 0 unspecified atom stereocenters. The number of amides is 2. The van der Waals surface area contributed by atoms with E-state index in [4.69, 9.17) is 11.6 Å². The van der Waals surface area contributed by atoms with Gasteiger partial charge in [0, 0.05) is 19.1 Å². The van der Waals surface area contributed by atoms with Gasteiger partial charge in [0.2, 0.25) is 0 Å². The van der Waals surface area contributed by atoms with Crippen LogP contribution in [-0.4, -0.2) is 49.1 Å². The van der Waals surface area contributed by atoms with Crippen molar-refractivity contribution in [3.05, 3.63) is 28.8 Å². The standard InChI is InChI=1S/C15H24ClN3O.ClH/c1-11(2)19(10-9-18(4)5)15(20)17-14-12(3)7-6-8-13(14)16;/h6-8,11H,9-10H2,1-5H3,(H,17,20);1H. The number of halogens is 2. The minimum atomic E-state index is -0.113. The Kier molecular flexibility index (Phi) is 8.71. The van der Waals surface area contributed by atoms with Gasteiger partial charge in [-0.1, -0.05) is 23.7 Å². The molecule has 0 bridgehead atoms. The maximum atomic E-state index is 12.4. The number of hydrogen-bond donors (Lipinski definition) is 1. The van der Waals surface area contributed by atoms with Crippen molar-refractivity contribution in [2.75, 3.05) is 32.5 Å². The van der Waals surface area contributed by atoms with E-state index in [1.807, 2.05) is 51.9 Å². The number of carbonyl (C=O) groups is 1. The maximum Gasteiger partial charge on any atom is 0.322 e. The van der Waals surface area contributed by atoms with Gasteiger partial charge < -0.3 is 15.1 Å². The second-order valence-electron chi connectivity index (χ2n) is 5.45. The molecule has 1 aromatic carbocycles. The van der Waals surface area contributed by atoms with Gasteiger partial charge in [0.1, 0.15) is 0 Å². The third kappa shape index (κ3) is 6.12. The van der Waals surface area contributed by atoms with Gasteiger partial charge in [-0.2, -0.15) is 0 Å². The Labute approximate surface area is 138 Å². The highest BCUT2D eigenvalue weighted by atomic mass is 35.5. The van der Waals surface area contributed by atoms with E-state index in [0.29, 0.717) is 17.3 Å². The van der Waals surface area contributed by atoms with E-state index in [0.717, 1.165) is 12.1 Å². The summed E-state index contributed by atoms with van der Waals surface area (Å²) in [6, 6.07) is 5.61. The fraction of sp³-hybridized carbons (Fsp3) is 0.533. The van der Waals surface area contributed by atoms with Crippen LogP contribution >= 0.6 is 24.0 Å². The van der Waals surface area contributed by atoms with Gasteiger partial charge >= 0.3 is 6.03 Å². The largest absolute Gasteiger partial charge is 0.322 e. The summed E-state index contributed by atoms with van der Waals surface area (Å²) in [5.41, 5.74) is 1.65. The summed E-state index contributed by atoms with van der Waals surface area (Å²) in [4.78, 5) is 16.3. The summed E-state index contributed by atoms with van der Waals surface area (Å²) in [5, 5.41) is 3.48. The van der Waals surface area contributed by atoms with Crippen molar-refractivity contribution in [1.82, 2.24) is 9.80 Å². The van der Waals surface area contributed by atoms with Crippen LogP contribution in [0.2, 0.25) is 5.02 Å². The average molecular weight is 334 g/mol. The molecular formula is C15H25Cl2N3O. The Morgan fingerprint density at radius 3 is 2.38 bits per heavy atom. The SMILES string of the molecule is Cc1cccc(Cl)c1NC(=O)N(CCN(C)C)C(C)C.Cl. The van der Waals surface area contributed by atoms with E-state index in [-0.39, 0.29) is 24.5 Å². The first kappa shape index (κ1) is 20.0. The second kappa shape index (κ2) is 9.13. The zero-order valence-corrected chi connectivity index (χ0v) is 14.9. The van der Waals surface area contributed by atoms with E-state index in [2.05, 4.69) is 10.2 Å². The number of benzene rings is 1. The first-order chi connectivity index (χ1) is 9.32. The quantitative estimate of drug-likeness (QED) is 0.887. The van der Waals surface area contributed by atoms with Crippen LogP contribution in [0, 0.1) is 6.92 Å². The number of aryl methyl sites for hydroxylation is 1. The number of likely N-dealkylation sites (N-methyl/N-ethyl adjacent to an activating group) is 1. The van der Waals surface area contributed by atoms with Crippen LogP contribution in [0.3, 0.4) is 0 Å². The number of nitrogens with one attached hydrogen (secondary N) is 1. The van der Waals surface area contributed by atoms with Gasteiger partial charge in [0.25, 0.3) is 0 Å². The number of anilines is 1. The molecule has 0 aliphatic rings. The molecule has 4 nitrogen and oxygen atoms in total. The van der Waals surface area contributed by atoms with Gasteiger partial charge in [-0.05, 0) is 46.5 Å². The molecule has 0 spiro atoms. The van der Waals surface area contributed by atoms with Crippen LogP contribution in [0.25, 0.3) is 0 Å². The van der Waals surface area contributed by atoms with Crippen LogP contribution < -0.4 is 5.32 Å². The highest BCUT2D eigenvalue weighted by molar-refractivity contribution is 6.33. The molecule has 0 aliphatic carbocycles. The molecular weight excluding hydrogens is 309 g/mol. The van der Waals surface area contributed by atoms with Gasteiger partial charge in [0.15, 0.2) is 0 Å². The van der Waals surface area contributed by atoms with Crippen LogP contribution in [-0.2, 0) is 0 Å². The monoisotopic (exact) mass is 333 g/mol. The molecule has 6 heteroatoms. The van der Waals surface area contributed by atoms with Crippen LogP contribution in [0.15, 0.2) is 18.2 Å². The molecule has 0 fully saturated rings. The molecule has 1 N–H and O–H groups in total. The van der Waals surface area contributed by atoms with E-state index in [1.54, 1.807) is 6.07 Å². The molecule has 21 heavy (non-hydrogen) atoms. The molecule has 120 valence electrons. The Balaban J connectivity index is 0.00000400. The van der Waals surface area contributed by atoms with Crippen LogP contribution in [0.1, 0.15) is 19.4 Å². The predicted octanol–water partition coefficient (Wildman–Crippen LogP) is 3.87. The number of hydrogen-bond acceptors (Lipinski definition) is 2. The lowest BCUT2D eigenvalue weighted by Crippen LogP contribution is -2.43. The lowest BCUT2D eigenvalue weighted by molar-refractivity contribution is 0.189. The summed E-state index contributed by atoms with van der Waals surface area (Å²) in [6.07, 6.45) is 0. The number of para-hydroxylation sites is 1. The Hall–Kier alpha value is -0.970. The lowest BCUT2D eigenvalue weighted by atomic mass is 10.2. The fourth-order valence-corrected chi connectivity index (χ4v) is 2.14. The lowest BCUT2D eigenvalue weighted by Gasteiger charge is -2.28. The third-order valence-corrected chi connectivity index (χ3v) is 3.44. The van der Waals surface area contributed by atoms with Gasteiger partial charge in [0.05, 0.1) is 10.7 Å². The van der Waals surface area contributed by atoms with E-state index < -0.39 is 0 Å². The molecule has 0 atom stereocenters. The van der Waals surface area contributed by atoms with Crippen molar-refractivity contribution in [1.29, 1.82) is 0 Å². The zero-order chi connectivity index (χ0) is 15.3. The number of nitrogens with zero attached hydrogens (tertiary/aromatic N) is 2. The van der Waals surface area contributed by atoms with Crippen molar-refractivity contribution in [2.45, 2.75) is 26.8 Å². The summed E-state index contributed by atoms with van der Waals surface area (Å²) < 4.78 is 0. The average Bonchev–Trinajstić information content (AvgIpc) is 2.33. The highest BCUT2D eigenvalue weighted by Crippen LogP contribution is 2.25. The zero-order valence-electron chi connectivity index (χ0n) is 13.3. The normalized spacial score (nSPS) is 10.5. The third-order valence-electron chi connectivity index (χ3n) is 3.13. The number of rotatable bonds is 5. The summed E-state index contributed by atoms with van der Waals surface area (Å²) in [6.45, 7) is 7.46. The fourth-order valence-electron chi connectivity index (χ4n) is 1.87. The van der Waals surface area contributed by atoms with Crippen molar-refractivity contribution in [3.63, 3.8) is 0 Å². The van der Waals surface area contributed by atoms with Crippen molar-refractivity contribution in [2.24, 2.45) is 0 Å². The summed E-state index contributed by atoms with van der Waals surface area (Å²) in [7, 11) is 3.99. The molecule has 0 aromatic heterocycles. The molecule has 0 saturated carbocycles. The Morgan fingerprint density at radius 1 is 1.29 bits per heavy atom. The van der Waals surface area contributed by atoms with Crippen molar-refractivity contribution in [3.8, 4) is 0 Å². The molecule has 2 amide bonds. The summed E-state index contributed by atoms with van der Waals surface area (Å²) in [5.74, 6) is 0.